The van der Waals surface area contributed by atoms with Crippen LogP contribution in [0.1, 0.15) is 13.3 Å². The Balaban J connectivity index is 2.44. The van der Waals surface area contributed by atoms with Crippen LogP contribution in [-0.4, -0.2) is 47.5 Å². The number of carboxylic acids is 1. The predicted molar refractivity (Wildman–Crippen MR) is 47.5 cm³/mol. The molecule has 1 rings (SSSR count). The van der Waals surface area contributed by atoms with Gasteiger partial charge in [-0.2, -0.15) is 0 Å². The molecule has 0 aromatic carbocycles. The van der Waals surface area contributed by atoms with Crippen LogP contribution in [-0.2, 0) is 4.79 Å². The van der Waals surface area contributed by atoms with E-state index >= 15 is 0 Å². The van der Waals surface area contributed by atoms with Gasteiger partial charge >= 0.3 is 5.97 Å². The Kier molecular flexibility index (Phi) is 3.24. The number of aliphatic hydroxyl groups is 1. The van der Waals surface area contributed by atoms with Crippen molar-refractivity contribution < 1.29 is 15.0 Å². The molecule has 0 bridgehead atoms. The van der Waals surface area contributed by atoms with Crippen LogP contribution in [0.5, 0.6) is 0 Å². The topological polar surface area (TPSA) is 81.6 Å². The molecule has 0 saturated carbocycles. The van der Waals surface area contributed by atoms with Gasteiger partial charge in [0, 0.05) is 19.1 Å². The molecule has 4 N–H and O–H groups in total. The zero-order chi connectivity index (χ0) is 9.90. The van der Waals surface area contributed by atoms with Crippen LogP contribution in [0.25, 0.3) is 0 Å². The first kappa shape index (κ1) is 10.4. The number of hydrogen-bond donors (Lipinski definition) is 4. The number of aliphatic carboxylic acids is 1. The minimum absolute atomic E-state index is 0.0291. The maximum Gasteiger partial charge on any atom is 0.305 e. The minimum atomic E-state index is -0.806. The molecule has 1 unspecified atom stereocenters. The Morgan fingerprint density at radius 3 is 2.62 bits per heavy atom. The van der Waals surface area contributed by atoms with Gasteiger partial charge in [0.05, 0.1) is 18.6 Å². The van der Waals surface area contributed by atoms with Crippen molar-refractivity contribution in [3.63, 3.8) is 0 Å². The summed E-state index contributed by atoms with van der Waals surface area (Å²) in [4.78, 5) is 10.5. The number of rotatable bonds is 5. The third-order valence-corrected chi connectivity index (χ3v) is 2.24. The Morgan fingerprint density at radius 1 is 1.69 bits per heavy atom. The van der Waals surface area contributed by atoms with E-state index in [1.807, 2.05) is 6.92 Å². The zero-order valence-corrected chi connectivity index (χ0v) is 7.71. The molecule has 1 heterocycles. The van der Waals surface area contributed by atoms with Crippen LogP contribution >= 0.6 is 0 Å². The molecule has 5 nitrogen and oxygen atoms in total. The molecule has 0 spiro atoms. The monoisotopic (exact) mass is 188 g/mol. The second kappa shape index (κ2) is 4.04. The van der Waals surface area contributed by atoms with Gasteiger partial charge in [0.2, 0.25) is 0 Å². The van der Waals surface area contributed by atoms with Gasteiger partial charge in [-0.05, 0) is 6.92 Å². The van der Waals surface area contributed by atoms with E-state index in [0.29, 0.717) is 13.1 Å². The molecule has 1 aliphatic heterocycles. The molecule has 0 aliphatic carbocycles. The van der Waals surface area contributed by atoms with Crippen molar-refractivity contribution in [3.8, 4) is 0 Å². The highest BCUT2D eigenvalue weighted by Gasteiger charge is 2.39. The third-order valence-electron chi connectivity index (χ3n) is 2.24. The van der Waals surface area contributed by atoms with Crippen LogP contribution in [0.3, 0.4) is 0 Å². The van der Waals surface area contributed by atoms with E-state index in [1.54, 1.807) is 0 Å². The molecule has 13 heavy (non-hydrogen) atoms. The van der Waals surface area contributed by atoms with Crippen molar-refractivity contribution in [2.45, 2.75) is 24.9 Å². The van der Waals surface area contributed by atoms with E-state index in [1.165, 1.54) is 0 Å². The molecule has 0 aromatic rings. The Bertz CT molecular complexity index is 192. The largest absolute Gasteiger partial charge is 0.481 e. The van der Waals surface area contributed by atoms with Gasteiger partial charge in [-0.15, -0.1) is 0 Å². The van der Waals surface area contributed by atoms with Crippen molar-refractivity contribution in [2.75, 3.05) is 19.7 Å². The van der Waals surface area contributed by atoms with Crippen LogP contribution in [0.2, 0.25) is 0 Å². The normalized spacial score (nSPS) is 22.0. The maximum absolute atomic E-state index is 10.5. The lowest BCUT2D eigenvalue weighted by atomic mass is 9.88. The molecule has 1 atom stereocenters. The average Bonchev–Trinajstić information content (AvgIpc) is 1.99. The van der Waals surface area contributed by atoms with Crippen molar-refractivity contribution in [3.05, 3.63) is 0 Å². The van der Waals surface area contributed by atoms with Crippen LogP contribution < -0.4 is 10.6 Å². The fraction of sp³-hybridized carbons (Fsp3) is 0.875. The molecule has 0 radical (unpaired) electrons. The first-order chi connectivity index (χ1) is 6.08. The Morgan fingerprint density at radius 2 is 2.31 bits per heavy atom. The summed E-state index contributed by atoms with van der Waals surface area (Å²) in [6.07, 6.45) is 0.102. The summed E-state index contributed by atoms with van der Waals surface area (Å²) in [5, 5.41) is 23.6. The summed E-state index contributed by atoms with van der Waals surface area (Å²) in [6.45, 7) is 3.18. The number of nitrogens with one attached hydrogen (secondary N) is 2. The van der Waals surface area contributed by atoms with Gasteiger partial charge < -0.3 is 20.8 Å². The summed E-state index contributed by atoms with van der Waals surface area (Å²) in [7, 11) is 0. The van der Waals surface area contributed by atoms with Gasteiger partial charge in [0.15, 0.2) is 0 Å². The van der Waals surface area contributed by atoms with Gasteiger partial charge in [0.25, 0.3) is 0 Å². The van der Waals surface area contributed by atoms with Crippen molar-refractivity contribution in [1.82, 2.24) is 10.6 Å². The van der Waals surface area contributed by atoms with E-state index < -0.39 is 5.97 Å². The van der Waals surface area contributed by atoms with Crippen LogP contribution in [0, 0.1) is 0 Å². The highest BCUT2D eigenvalue weighted by Crippen LogP contribution is 2.16. The van der Waals surface area contributed by atoms with Crippen molar-refractivity contribution in [1.29, 1.82) is 0 Å². The lowest BCUT2D eigenvalue weighted by molar-refractivity contribution is -0.139. The van der Waals surface area contributed by atoms with Gasteiger partial charge in [-0.25, -0.2) is 0 Å². The predicted octanol–water partition coefficient (Wildman–Crippen LogP) is -1.23. The van der Waals surface area contributed by atoms with E-state index in [0.717, 1.165) is 0 Å². The molecule has 0 aromatic heterocycles. The number of carboxylic acid groups (broad SMARTS) is 1. The summed E-state index contributed by atoms with van der Waals surface area (Å²) < 4.78 is 0. The quantitative estimate of drug-likeness (QED) is 0.434. The lowest BCUT2D eigenvalue weighted by Crippen LogP contribution is -2.70. The lowest BCUT2D eigenvalue weighted by Gasteiger charge is -2.44. The summed E-state index contributed by atoms with van der Waals surface area (Å²) in [6, 6.07) is -0.0542. The second-order valence-corrected chi connectivity index (χ2v) is 3.68. The Hall–Kier alpha value is -0.650. The first-order valence-electron chi connectivity index (χ1n) is 4.39. The highest BCUT2D eigenvalue weighted by molar-refractivity contribution is 5.68. The number of carbonyl (C=O) groups is 1. The number of aliphatic hydroxyl groups excluding tert-OH is 1. The van der Waals surface area contributed by atoms with Gasteiger partial charge in [0.1, 0.15) is 0 Å². The fourth-order valence-electron chi connectivity index (χ4n) is 1.56. The average molecular weight is 188 g/mol. The molecule has 1 saturated heterocycles. The molecule has 1 fully saturated rings. The zero-order valence-electron chi connectivity index (χ0n) is 7.71. The maximum atomic E-state index is 10.5. The fourth-order valence-corrected chi connectivity index (χ4v) is 1.56. The first-order valence-corrected chi connectivity index (χ1v) is 4.39. The second-order valence-electron chi connectivity index (χ2n) is 3.68. The third kappa shape index (κ3) is 2.65. The molecular weight excluding hydrogens is 172 g/mol. The van der Waals surface area contributed by atoms with Crippen molar-refractivity contribution >= 4 is 5.97 Å². The van der Waals surface area contributed by atoms with Crippen LogP contribution in [0.15, 0.2) is 0 Å². The molecule has 0 amide bonds. The summed E-state index contributed by atoms with van der Waals surface area (Å²) >= 11 is 0. The molecular formula is C8H16N2O3. The number of hydrogen-bond acceptors (Lipinski definition) is 4. The smallest absolute Gasteiger partial charge is 0.305 e. The summed E-state index contributed by atoms with van der Waals surface area (Å²) in [5.41, 5.74) is -0.353. The summed E-state index contributed by atoms with van der Waals surface area (Å²) in [5.74, 6) is -0.806. The van der Waals surface area contributed by atoms with E-state index in [-0.39, 0.29) is 24.6 Å². The minimum Gasteiger partial charge on any atom is -0.481 e. The highest BCUT2D eigenvalue weighted by atomic mass is 16.4. The standard InChI is InChI=1S/C8H16N2O3/c1-6(3-11)10-8(2-7(12)13)4-9-5-8/h6,9-11H,2-5H2,1H3,(H,12,13). The van der Waals surface area contributed by atoms with E-state index in [4.69, 9.17) is 10.2 Å². The molecule has 1 aliphatic rings. The van der Waals surface area contributed by atoms with Gasteiger partial charge in [-0.1, -0.05) is 0 Å². The molecule has 5 heteroatoms. The van der Waals surface area contributed by atoms with Crippen molar-refractivity contribution in [2.24, 2.45) is 0 Å². The molecule has 76 valence electrons. The Labute approximate surface area is 77.1 Å². The van der Waals surface area contributed by atoms with E-state index in [9.17, 15) is 4.79 Å². The van der Waals surface area contributed by atoms with Crippen LogP contribution in [0.4, 0.5) is 0 Å². The van der Waals surface area contributed by atoms with E-state index in [2.05, 4.69) is 10.6 Å². The SMILES string of the molecule is CC(CO)NC1(CC(=O)O)CNC1. The van der Waals surface area contributed by atoms with Gasteiger partial charge in [-0.3, -0.25) is 4.79 Å².